The Bertz CT molecular complexity index is 474. The molecule has 0 unspecified atom stereocenters. The number of halogens is 1. The topological polar surface area (TPSA) is 56.7 Å². The van der Waals surface area contributed by atoms with E-state index in [1.807, 2.05) is 27.8 Å². The molecule has 0 bridgehead atoms. The third-order valence-corrected chi connectivity index (χ3v) is 3.95. The van der Waals surface area contributed by atoms with Gasteiger partial charge in [-0.05, 0) is 43.2 Å². The number of hydrogen-bond donors (Lipinski definition) is 2. The molecule has 0 aliphatic heterocycles. The minimum atomic E-state index is -0.477. The van der Waals surface area contributed by atoms with Gasteiger partial charge in [0.25, 0.3) is 0 Å². The first kappa shape index (κ1) is 21.2. The zero-order chi connectivity index (χ0) is 15.9. The number of carbonyl (C=O) groups is 1. The minimum absolute atomic E-state index is 0. The Labute approximate surface area is 154 Å². The minimum Gasteiger partial charge on any atom is -0.356 e. The van der Waals surface area contributed by atoms with Crippen LogP contribution in [0.3, 0.4) is 0 Å². The molecule has 0 radical (unpaired) electrons. The SMILES string of the molecule is CCNC(=O)C(C)(C)CNC(=NC)N(C)Cc1ccsc1.I. The first-order valence-electron chi connectivity index (χ1n) is 7.12. The molecule has 1 aromatic heterocycles. The van der Waals surface area contributed by atoms with Crippen molar-refractivity contribution in [3.8, 4) is 0 Å². The number of aliphatic imine (C=N–C) groups is 1. The van der Waals surface area contributed by atoms with Gasteiger partial charge >= 0.3 is 0 Å². The molecule has 22 heavy (non-hydrogen) atoms. The smallest absolute Gasteiger partial charge is 0.227 e. The van der Waals surface area contributed by atoms with E-state index >= 15 is 0 Å². The molecule has 0 atom stereocenters. The van der Waals surface area contributed by atoms with Crippen LogP contribution in [0.5, 0.6) is 0 Å². The van der Waals surface area contributed by atoms with E-state index < -0.39 is 5.41 Å². The largest absolute Gasteiger partial charge is 0.356 e. The van der Waals surface area contributed by atoms with E-state index in [4.69, 9.17) is 0 Å². The Morgan fingerprint density at radius 2 is 2.09 bits per heavy atom. The van der Waals surface area contributed by atoms with Gasteiger partial charge in [-0.2, -0.15) is 11.3 Å². The molecule has 1 amide bonds. The third-order valence-electron chi connectivity index (χ3n) is 3.21. The van der Waals surface area contributed by atoms with Gasteiger partial charge in [-0.25, -0.2) is 0 Å². The predicted molar refractivity (Wildman–Crippen MR) is 105 cm³/mol. The summed E-state index contributed by atoms with van der Waals surface area (Å²) in [6, 6.07) is 2.10. The normalized spacial score (nSPS) is 11.6. The lowest BCUT2D eigenvalue weighted by Gasteiger charge is -2.27. The van der Waals surface area contributed by atoms with Gasteiger partial charge in [-0.1, -0.05) is 0 Å². The lowest BCUT2D eigenvalue weighted by Crippen LogP contribution is -2.48. The summed E-state index contributed by atoms with van der Waals surface area (Å²) in [5.41, 5.74) is 0.781. The molecule has 1 heterocycles. The number of rotatable bonds is 6. The van der Waals surface area contributed by atoms with Crippen LogP contribution in [-0.2, 0) is 11.3 Å². The maximum Gasteiger partial charge on any atom is 0.227 e. The first-order chi connectivity index (χ1) is 9.90. The Hall–Kier alpha value is -0.830. The molecule has 1 aromatic rings. The molecule has 0 aliphatic rings. The quantitative estimate of drug-likeness (QED) is 0.408. The number of carbonyl (C=O) groups excluding carboxylic acids is 1. The van der Waals surface area contributed by atoms with Gasteiger partial charge in [0.1, 0.15) is 0 Å². The number of thiophene rings is 1. The van der Waals surface area contributed by atoms with Crippen LogP contribution in [0.15, 0.2) is 21.8 Å². The van der Waals surface area contributed by atoms with Crippen LogP contribution in [0.2, 0.25) is 0 Å². The van der Waals surface area contributed by atoms with Crippen LogP contribution in [0.4, 0.5) is 0 Å². The van der Waals surface area contributed by atoms with Crippen molar-refractivity contribution in [1.82, 2.24) is 15.5 Å². The molecule has 0 fully saturated rings. The molecule has 0 saturated heterocycles. The molecule has 5 nitrogen and oxygen atoms in total. The van der Waals surface area contributed by atoms with E-state index in [-0.39, 0.29) is 29.9 Å². The maximum atomic E-state index is 12.0. The summed E-state index contributed by atoms with van der Waals surface area (Å²) in [4.78, 5) is 18.3. The van der Waals surface area contributed by atoms with Gasteiger partial charge in [-0.15, -0.1) is 24.0 Å². The van der Waals surface area contributed by atoms with Crippen LogP contribution in [0.25, 0.3) is 0 Å². The highest BCUT2D eigenvalue weighted by Gasteiger charge is 2.27. The van der Waals surface area contributed by atoms with E-state index in [9.17, 15) is 4.79 Å². The average Bonchev–Trinajstić information content (AvgIpc) is 2.92. The zero-order valence-corrected chi connectivity index (χ0v) is 17.1. The van der Waals surface area contributed by atoms with Crippen molar-refractivity contribution in [3.63, 3.8) is 0 Å². The van der Waals surface area contributed by atoms with Crippen LogP contribution in [0, 0.1) is 5.41 Å². The second-order valence-corrected chi connectivity index (χ2v) is 6.41. The molecular weight excluding hydrogens is 411 g/mol. The van der Waals surface area contributed by atoms with Gasteiger partial charge in [0.2, 0.25) is 5.91 Å². The third kappa shape index (κ3) is 6.51. The highest BCUT2D eigenvalue weighted by atomic mass is 127. The average molecular weight is 438 g/mol. The van der Waals surface area contributed by atoms with Gasteiger partial charge in [0.05, 0.1) is 5.41 Å². The van der Waals surface area contributed by atoms with Crippen molar-refractivity contribution in [3.05, 3.63) is 22.4 Å². The first-order valence-corrected chi connectivity index (χ1v) is 8.06. The summed E-state index contributed by atoms with van der Waals surface area (Å²) in [6.45, 7) is 7.77. The summed E-state index contributed by atoms with van der Waals surface area (Å²) >= 11 is 1.69. The van der Waals surface area contributed by atoms with E-state index in [1.165, 1.54) is 5.56 Å². The zero-order valence-electron chi connectivity index (χ0n) is 14.0. The molecule has 7 heteroatoms. The Kier molecular flexibility index (Phi) is 9.66. The Morgan fingerprint density at radius 1 is 1.41 bits per heavy atom. The maximum absolute atomic E-state index is 12.0. The van der Waals surface area contributed by atoms with Gasteiger partial charge in [0, 0.05) is 33.7 Å². The summed E-state index contributed by atoms with van der Waals surface area (Å²) in [5, 5.41) is 10.3. The molecule has 2 N–H and O–H groups in total. The monoisotopic (exact) mass is 438 g/mol. The van der Waals surface area contributed by atoms with E-state index in [2.05, 4.69) is 37.4 Å². The molecule has 0 aromatic carbocycles. The van der Waals surface area contributed by atoms with Crippen LogP contribution < -0.4 is 10.6 Å². The van der Waals surface area contributed by atoms with E-state index in [1.54, 1.807) is 18.4 Å². The summed E-state index contributed by atoms with van der Waals surface area (Å²) in [7, 11) is 3.75. The lowest BCUT2D eigenvalue weighted by molar-refractivity contribution is -0.128. The number of hydrogen-bond acceptors (Lipinski definition) is 3. The van der Waals surface area contributed by atoms with Crippen molar-refractivity contribution in [1.29, 1.82) is 0 Å². The summed E-state index contributed by atoms with van der Waals surface area (Å²) in [5.74, 6) is 0.840. The standard InChI is InChI=1S/C15H26N4OS.HI/c1-6-17-13(20)15(2,3)11-18-14(16-4)19(5)9-12-7-8-21-10-12;/h7-8,10H,6,9,11H2,1-5H3,(H,16,18)(H,17,20);1H. The van der Waals surface area contributed by atoms with Crippen LogP contribution in [-0.4, -0.2) is 44.0 Å². The molecule has 0 aliphatic carbocycles. The molecule has 0 saturated carbocycles. The highest BCUT2D eigenvalue weighted by molar-refractivity contribution is 14.0. The van der Waals surface area contributed by atoms with Crippen molar-refractivity contribution >= 4 is 47.2 Å². The van der Waals surface area contributed by atoms with E-state index in [0.717, 1.165) is 12.5 Å². The fourth-order valence-electron chi connectivity index (χ4n) is 1.90. The number of guanidine groups is 1. The second kappa shape index (κ2) is 10.0. The fourth-order valence-corrected chi connectivity index (χ4v) is 2.56. The van der Waals surface area contributed by atoms with Crippen molar-refractivity contribution in [2.24, 2.45) is 10.4 Å². The Balaban J connectivity index is 0.00000441. The highest BCUT2D eigenvalue weighted by Crippen LogP contribution is 2.14. The van der Waals surface area contributed by atoms with Crippen molar-refractivity contribution in [2.75, 3.05) is 27.2 Å². The molecule has 0 spiro atoms. The lowest BCUT2D eigenvalue weighted by atomic mass is 9.92. The van der Waals surface area contributed by atoms with Crippen molar-refractivity contribution < 1.29 is 4.79 Å². The Morgan fingerprint density at radius 3 is 2.59 bits per heavy atom. The van der Waals surface area contributed by atoms with Gasteiger partial charge in [0.15, 0.2) is 5.96 Å². The summed E-state index contributed by atoms with van der Waals surface area (Å²) in [6.07, 6.45) is 0. The number of nitrogens with zero attached hydrogens (tertiary/aromatic N) is 2. The van der Waals surface area contributed by atoms with Crippen molar-refractivity contribution in [2.45, 2.75) is 27.3 Å². The van der Waals surface area contributed by atoms with Gasteiger partial charge in [-0.3, -0.25) is 9.79 Å². The van der Waals surface area contributed by atoms with E-state index in [0.29, 0.717) is 13.1 Å². The molecule has 1 rings (SSSR count). The predicted octanol–water partition coefficient (Wildman–Crippen LogP) is 2.54. The van der Waals surface area contributed by atoms with Crippen LogP contribution >= 0.6 is 35.3 Å². The fraction of sp³-hybridized carbons (Fsp3) is 0.600. The number of amides is 1. The second-order valence-electron chi connectivity index (χ2n) is 5.63. The van der Waals surface area contributed by atoms with Gasteiger partial charge < -0.3 is 15.5 Å². The molecular formula is C15H27IN4OS. The number of nitrogens with one attached hydrogen (secondary N) is 2. The van der Waals surface area contributed by atoms with Crippen LogP contribution in [0.1, 0.15) is 26.3 Å². The summed E-state index contributed by atoms with van der Waals surface area (Å²) < 4.78 is 0. The molecule has 126 valence electrons.